The molecular formula is C10H16N2O2. The van der Waals surface area contributed by atoms with E-state index in [0.717, 1.165) is 5.56 Å². The lowest BCUT2D eigenvalue weighted by molar-refractivity contribution is -0.117. The Bertz CT molecular complexity index is 329. The molecule has 0 saturated carbocycles. The first-order valence-corrected chi connectivity index (χ1v) is 4.69. The van der Waals surface area contributed by atoms with Crippen molar-refractivity contribution in [2.45, 2.75) is 40.3 Å². The fraction of sp³-hybridized carbons (Fsp3) is 0.600. The topological polar surface area (TPSA) is 44.1 Å². The summed E-state index contributed by atoms with van der Waals surface area (Å²) in [5.41, 5.74) is 0.958. The number of nitrogens with zero attached hydrogens (tertiary/aromatic N) is 2. The second-order valence-electron chi connectivity index (χ2n) is 3.68. The van der Waals surface area contributed by atoms with Crippen molar-refractivity contribution in [3.8, 4) is 5.88 Å². The van der Waals surface area contributed by atoms with Gasteiger partial charge in [0.05, 0.1) is 12.6 Å². The van der Waals surface area contributed by atoms with E-state index in [2.05, 4.69) is 5.10 Å². The van der Waals surface area contributed by atoms with Gasteiger partial charge in [0.25, 0.3) is 0 Å². The molecule has 0 aliphatic carbocycles. The van der Waals surface area contributed by atoms with E-state index in [0.29, 0.717) is 12.4 Å². The molecule has 0 fully saturated rings. The Balaban J connectivity index is 2.76. The third-order valence-electron chi connectivity index (χ3n) is 1.63. The predicted molar refractivity (Wildman–Crippen MR) is 53.4 cm³/mol. The second kappa shape index (κ2) is 4.26. The Morgan fingerprint density at radius 1 is 1.64 bits per heavy atom. The zero-order chi connectivity index (χ0) is 10.7. The lowest BCUT2D eigenvalue weighted by Crippen LogP contribution is -2.09. The van der Waals surface area contributed by atoms with E-state index in [-0.39, 0.29) is 11.9 Å². The Morgan fingerprint density at radius 3 is 2.79 bits per heavy atom. The van der Waals surface area contributed by atoms with Crippen molar-refractivity contribution in [3.63, 3.8) is 0 Å². The third kappa shape index (κ3) is 2.87. The molecule has 0 amide bonds. The summed E-state index contributed by atoms with van der Waals surface area (Å²) in [6.07, 6.45) is 1.92. The van der Waals surface area contributed by atoms with Crippen LogP contribution >= 0.6 is 0 Å². The highest BCUT2D eigenvalue weighted by Crippen LogP contribution is 2.15. The number of carbonyl (C=O) groups is 1. The van der Waals surface area contributed by atoms with Crippen LogP contribution in [0, 0.1) is 6.92 Å². The Kier molecular flexibility index (Phi) is 3.28. The van der Waals surface area contributed by atoms with Gasteiger partial charge in [-0.15, -0.1) is 5.10 Å². The molecule has 0 aromatic carbocycles. The summed E-state index contributed by atoms with van der Waals surface area (Å²) in [6.45, 7) is 7.66. The molecule has 0 N–H and O–H groups in total. The second-order valence-corrected chi connectivity index (χ2v) is 3.68. The Labute approximate surface area is 83.9 Å². The minimum atomic E-state index is 0.0867. The maximum absolute atomic E-state index is 10.9. The summed E-state index contributed by atoms with van der Waals surface area (Å²) < 4.78 is 7.07. The number of ether oxygens (including phenoxy) is 1. The van der Waals surface area contributed by atoms with Gasteiger partial charge in [0.2, 0.25) is 5.88 Å². The molecule has 1 heterocycles. The van der Waals surface area contributed by atoms with Crippen molar-refractivity contribution < 1.29 is 9.53 Å². The molecule has 78 valence electrons. The van der Waals surface area contributed by atoms with Gasteiger partial charge in [-0.25, -0.2) is 0 Å². The van der Waals surface area contributed by atoms with Crippen LogP contribution in [0.5, 0.6) is 5.88 Å². The van der Waals surface area contributed by atoms with Gasteiger partial charge in [0.1, 0.15) is 0 Å². The zero-order valence-electron chi connectivity index (χ0n) is 9.07. The molecule has 14 heavy (non-hydrogen) atoms. The summed E-state index contributed by atoms with van der Waals surface area (Å²) >= 11 is 0. The molecule has 0 aliphatic rings. The summed E-state index contributed by atoms with van der Waals surface area (Å²) in [4.78, 5) is 10.9. The zero-order valence-corrected chi connectivity index (χ0v) is 9.07. The lowest BCUT2D eigenvalue weighted by atomic mass is 10.4. The summed E-state index contributed by atoms with van der Waals surface area (Å²) in [5.74, 6) is 0.699. The number of hydrogen-bond acceptors (Lipinski definition) is 3. The largest absolute Gasteiger partial charge is 0.474 e. The van der Waals surface area contributed by atoms with Crippen LogP contribution in [0.4, 0.5) is 0 Å². The highest BCUT2D eigenvalue weighted by Gasteiger charge is 2.08. The average Bonchev–Trinajstić information content (AvgIpc) is 2.28. The number of carbonyl (C=O) groups excluding carboxylic acids is 1. The molecule has 4 heteroatoms. The van der Waals surface area contributed by atoms with Crippen LogP contribution < -0.4 is 4.74 Å². The number of rotatable bonds is 4. The van der Waals surface area contributed by atoms with Crippen molar-refractivity contribution in [1.82, 2.24) is 9.78 Å². The first-order valence-electron chi connectivity index (χ1n) is 4.69. The van der Waals surface area contributed by atoms with Crippen LogP contribution in [-0.2, 0) is 11.3 Å². The fourth-order valence-electron chi connectivity index (χ4n) is 1.15. The molecule has 0 spiro atoms. The van der Waals surface area contributed by atoms with Crippen molar-refractivity contribution in [3.05, 3.63) is 11.8 Å². The van der Waals surface area contributed by atoms with E-state index in [1.807, 2.05) is 27.0 Å². The maximum Gasteiger partial charge on any atom is 0.235 e. The van der Waals surface area contributed by atoms with Gasteiger partial charge in [0.15, 0.2) is 5.78 Å². The number of Topliss-reactive ketones (excluding diaryl/α,β-unsaturated/α-hetero) is 1. The maximum atomic E-state index is 10.9. The van der Waals surface area contributed by atoms with Crippen LogP contribution in [0.15, 0.2) is 6.20 Å². The van der Waals surface area contributed by atoms with Gasteiger partial charge in [-0.3, -0.25) is 9.48 Å². The fourth-order valence-corrected chi connectivity index (χ4v) is 1.15. The van der Waals surface area contributed by atoms with E-state index in [9.17, 15) is 4.79 Å². The standard InChI is InChI=1S/C10H16N2O2/c1-7(2)14-10-8(3)5-12(11-10)6-9(4)13/h5,7H,6H2,1-4H3. The quantitative estimate of drug-likeness (QED) is 0.734. The number of aromatic nitrogens is 2. The molecule has 0 atom stereocenters. The van der Waals surface area contributed by atoms with Crippen LogP contribution in [0.1, 0.15) is 26.3 Å². The predicted octanol–water partition coefficient (Wildman–Crippen LogP) is 1.57. The van der Waals surface area contributed by atoms with Gasteiger partial charge < -0.3 is 4.74 Å². The van der Waals surface area contributed by atoms with Crippen LogP contribution in [0.3, 0.4) is 0 Å². The average molecular weight is 196 g/mol. The summed E-state index contributed by atoms with van der Waals surface area (Å²) in [5, 5.41) is 4.16. The van der Waals surface area contributed by atoms with Crippen molar-refractivity contribution in [2.75, 3.05) is 0 Å². The van der Waals surface area contributed by atoms with E-state index in [1.165, 1.54) is 0 Å². The van der Waals surface area contributed by atoms with E-state index < -0.39 is 0 Å². The summed E-state index contributed by atoms with van der Waals surface area (Å²) in [7, 11) is 0. The molecule has 1 rings (SSSR count). The number of hydrogen-bond donors (Lipinski definition) is 0. The molecule has 0 saturated heterocycles. The first kappa shape index (κ1) is 10.8. The SMILES string of the molecule is CC(=O)Cn1cc(C)c(OC(C)C)n1. The molecule has 0 radical (unpaired) electrons. The molecule has 0 unspecified atom stereocenters. The molecule has 0 bridgehead atoms. The Morgan fingerprint density at radius 2 is 2.29 bits per heavy atom. The van der Waals surface area contributed by atoms with E-state index >= 15 is 0 Å². The van der Waals surface area contributed by atoms with E-state index in [4.69, 9.17) is 4.74 Å². The highest BCUT2D eigenvalue weighted by atomic mass is 16.5. The van der Waals surface area contributed by atoms with Crippen LogP contribution in [-0.4, -0.2) is 21.7 Å². The molecular weight excluding hydrogens is 180 g/mol. The van der Waals surface area contributed by atoms with Crippen LogP contribution in [0.25, 0.3) is 0 Å². The lowest BCUT2D eigenvalue weighted by Gasteiger charge is -2.06. The Hall–Kier alpha value is -1.32. The van der Waals surface area contributed by atoms with Gasteiger partial charge in [-0.2, -0.15) is 0 Å². The van der Waals surface area contributed by atoms with Gasteiger partial charge in [-0.05, 0) is 27.7 Å². The van der Waals surface area contributed by atoms with Gasteiger partial charge in [0, 0.05) is 11.8 Å². The van der Waals surface area contributed by atoms with Crippen molar-refractivity contribution in [2.24, 2.45) is 0 Å². The van der Waals surface area contributed by atoms with Gasteiger partial charge in [-0.1, -0.05) is 0 Å². The highest BCUT2D eigenvalue weighted by molar-refractivity contribution is 5.75. The minimum absolute atomic E-state index is 0.0867. The molecule has 1 aromatic heterocycles. The summed E-state index contributed by atoms with van der Waals surface area (Å²) in [6, 6.07) is 0. The monoisotopic (exact) mass is 196 g/mol. The minimum Gasteiger partial charge on any atom is -0.474 e. The number of aryl methyl sites for hydroxylation is 1. The molecule has 1 aromatic rings. The van der Waals surface area contributed by atoms with Crippen LogP contribution in [0.2, 0.25) is 0 Å². The first-order chi connectivity index (χ1) is 6.49. The smallest absolute Gasteiger partial charge is 0.235 e. The van der Waals surface area contributed by atoms with Gasteiger partial charge >= 0.3 is 0 Å². The molecule has 4 nitrogen and oxygen atoms in total. The van der Waals surface area contributed by atoms with Crippen molar-refractivity contribution >= 4 is 5.78 Å². The normalized spacial score (nSPS) is 10.6. The molecule has 0 aliphatic heterocycles. The number of ketones is 1. The van der Waals surface area contributed by atoms with E-state index in [1.54, 1.807) is 11.6 Å². The third-order valence-corrected chi connectivity index (χ3v) is 1.63. The van der Waals surface area contributed by atoms with Crippen molar-refractivity contribution in [1.29, 1.82) is 0 Å².